The van der Waals surface area contributed by atoms with E-state index in [-0.39, 0.29) is 11.4 Å². The van der Waals surface area contributed by atoms with Crippen LogP contribution in [0.3, 0.4) is 0 Å². The first-order valence-corrected chi connectivity index (χ1v) is 6.76. The molecule has 2 aromatic rings. The van der Waals surface area contributed by atoms with Crippen molar-refractivity contribution in [2.75, 3.05) is 0 Å². The third-order valence-electron chi connectivity index (χ3n) is 4.24. The molecule has 1 amide bonds. The van der Waals surface area contributed by atoms with Crippen molar-refractivity contribution >= 4 is 17.5 Å². The summed E-state index contributed by atoms with van der Waals surface area (Å²) in [5, 5.41) is 3.90. The standard InChI is InChI=1S/C16H12ClNO/c17-11-7-5-10(6-8-11)16-9-14(16)12-3-1-2-4-13(12)15(19)18-16/h1-8,14H,9H2,(H,18,19)/t14-,16+/m1/s1. The average Bonchev–Trinajstić information content (AvgIpc) is 3.16. The quantitative estimate of drug-likeness (QED) is 0.844. The maximum atomic E-state index is 12.2. The minimum absolute atomic E-state index is 0.0271. The van der Waals surface area contributed by atoms with Crippen molar-refractivity contribution in [1.29, 1.82) is 0 Å². The number of nitrogens with one attached hydrogen (secondary N) is 1. The van der Waals surface area contributed by atoms with Gasteiger partial charge in [0.05, 0.1) is 5.54 Å². The minimum Gasteiger partial charge on any atom is -0.342 e. The van der Waals surface area contributed by atoms with Crippen LogP contribution in [-0.2, 0) is 5.54 Å². The minimum atomic E-state index is -0.212. The second kappa shape index (κ2) is 3.61. The Bertz CT molecular complexity index is 679. The molecule has 2 aliphatic rings. The molecule has 2 aromatic carbocycles. The third-order valence-corrected chi connectivity index (χ3v) is 4.49. The van der Waals surface area contributed by atoms with Crippen LogP contribution in [0.4, 0.5) is 0 Å². The molecule has 1 heterocycles. The Morgan fingerprint density at radius 3 is 2.63 bits per heavy atom. The van der Waals surface area contributed by atoms with Crippen molar-refractivity contribution in [3.05, 3.63) is 70.2 Å². The van der Waals surface area contributed by atoms with Gasteiger partial charge in [-0.2, -0.15) is 0 Å². The summed E-state index contributed by atoms with van der Waals surface area (Å²) in [6.45, 7) is 0. The van der Waals surface area contributed by atoms with E-state index in [0.29, 0.717) is 5.92 Å². The van der Waals surface area contributed by atoms with Gasteiger partial charge in [-0.05, 0) is 35.7 Å². The Kier molecular flexibility index (Phi) is 2.10. The second-order valence-corrected chi connectivity index (χ2v) is 5.71. The van der Waals surface area contributed by atoms with Gasteiger partial charge >= 0.3 is 0 Å². The van der Waals surface area contributed by atoms with Gasteiger partial charge in [0.1, 0.15) is 0 Å². The lowest BCUT2D eigenvalue weighted by Gasteiger charge is -2.26. The number of amides is 1. The predicted octanol–water partition coefficient (Wildman–Crippen LogP) is 3.47. The smallest absolute Gasteiger partial charge is 0.252 e. The molecule has 0 bridgehead atoms. The predicted molar refractivity (Wildman–Crippen MR) is 74.4 cm³/mol. The highest BCUT2D eigenvalue weighted by atomic mass is 35.5. The SMILES string of the molecule is O=C1N[C@]2(c3ccc(Cl)cc3)C[C@@H]2c2ccccc21. The van der Waals surface area contributed by atoms with Crippen LogP contribution in [0.15, 0.2) is 48.5 Å². The molecule has 0 unspecified atom stereocenters. The Morgan fingerprint density at radius 2 is 1.84 bits per heavy atom. The van der Waals surface area contributed by atoms with E-state index in [1.807, 2.05) is 42.5 Å². The molecule has 0 aromatic heterocycles. The number of carbonyl (C=O) groups excluding carboxylic acids is 1. The number of hydrogen-bond acceptors (Lipinski definition) is 1. The number of rotatable bonds is 1. The molecule has 1 N–H and O–H groups in total. The second-order valence-electron chi connectivity index (χ2n) is 5.28. The summed E-state index contributed by atoms with van der Waals surface area (Å²) in [6, 6.07) is 15.7. The fraction of sp³-hybridized carbons (Fsp3) is 0.188. The summed E-state index contributed by atoms with van der Waals surface area (Å²) in [5.41, 5.74) is 2.91. The van der Waals surface area contributed by atoms with Crippen molar-refractivity contribution in [1.82, 2.24) is 5.32 Å². The van der Waals surface area contributed by atoms with Gasteiger partial charge < -0.3 is 5.32 Å². The van der Waals surface area contributed by atoms with E-state index in [9.17, 15) is 4.79 Å². The molecule has 2 nitrogen and oxygen atoms in total. The lowest BCUT2D eigenvalue weighted by molar-refractivity contribution is 0.0920. The van der Waals surface area contributed by atoms with Gasteiger partial charge in [-0.3, -0.25) is 4.79 Å². The van der Waals surface area contributed by atoms with Crippen molar-refractivity contribution in [3.63, 3.8) is 0 Å². The van der Waals surface area contributed by atoms with Crippen LogP contribution in [0.5, 0.6) is 0 Å². The number of benzene rings is 2. The molecule has 3 heteroatoms. The van der Waals surface area contributed by atoms with E-state index in [4.69, 9.17) is 11.6 Å². The maximum Gasteiger partial charge on any atom is 0.252 e. The fourth-order valence-corrected chi connectivity index (χ4v) is 3.32. The van der Waals surface area contributed by atoms with Gasteiger partial charge in [0, 0.05) is 16.5 Å². The van der Waals surface area contributed by atoms with Crippen LogP contribution >= 0.6 is 11.6 Å². The molecule has 94 valence electrons. The topological polar surface area (TPSA) is 29.1 Å². The fourth-order valence-electron chi connectivity index (χ4n) is 3.19. The van der Waals surface area contributed by atoms with Crippen molar-refractivity contribution in [3.8, 4) is 0 Å². The summed E-state index contributed by atoms with van der Waals surface area (Å²) in [7, 11) is 0. The molecule has 1 aliphatic carbocycles. The molecule has 0 radical (unpaired) electrons. The van der Waals surface area contributed by atoms with Crippen molar-refractivity contribution < 1.29 is 4.79 Å². The van der Waals surface area contributed by atoms with Crippen LogP contribution < -0.4 is 5.32 Å². The molecule has 1 aliphatic heterocycles. The molecular formula is C16H12ClNO. The Labute approximate surface area is 116 Å². The zero-order valence-corrected chi connectivity index (χ0v) is 10.9. The Hall–Kier alpha value is -1.80. The van der Waals surface area contributed by atoms with Crippen LogP contribution in [0.2, 0.25) is 5.02 Å². The first kappa shape index (κ1) is 11.1. The Morgan fingerprint density at radius 1 is 1.11 bits per heavy atom. The summed E-state index contributed by atoms with van der Waals surface area (Å²) in [5.74, 6) is 0.418. The van der Waals surface area contributed by atoms with E-state index in [2.05, 4.69) is 11.4 Å². The summed E-state index contributed by atoms with van der Waals surface area (Å²) in [4.78, 5) is 12.2. The van der Waals surface area contributed by atoms with E-state index in [1.165, 1.54) is 5.56 Å². The lowest BCUT2D eigenvalue weighted by Crippen LogP contribution is -2.39. The number of halogens is 1. The summed E-state index contributed by atoms with van der Waals surface area (Å²) in [6.07, 6.45) is 0.970. The molecule has 0 saturated heterocycles. The van der Waals surface area contributed by atoms with Crippen LogP contribution in [0.1, 0.15) is 33.8 Å². The molecule has 2 atom stereocenters. The van der Waals surface area contributed by atoms with Crippen LogP contribution in [-0.4, -0.2) is 5.91 Å². The van der Waals surface area contributed by atoms with Gasteiger partial charge in [-0.1, -0.05) is 41.9 Å². The lowest BCUT2D eigenvalue weighted by atomic mass is 9.91. The van der Waals surface area contributed by atoms with Gasteiger partial charge in [0.15, 0.2) is 0 Å². The molecule has 19 heavy (non-hydrogen) atoms. The van der Waals surface area contributed by atoms with Crippen LogP contribution in [0, 0.1) is 0 Å². The largest absolute Gasteiger partial charge is 0.342 e. The van der Waals surface area contributed by atoms with Crippen molar-refractivity contribution in [2.24, 2.45) is 0 Å². The van der Waals surface area contributed by atoms with Gasteiger partial charge in [0.25, 0.3) is 5.91 Å². The molecule has 1 saturated carbocycles. The zero-order chi connectivity index (χ0) is 13.0. The average molecular weight is 270 g/mol. The molecular weight excluding hydrogens is 258 g/mol. The van der Waals surface area contributed by atoms with E-state index < -0.39 is 0 Å². The first-order chi connectivity index (χ1) is 9.21. The summed E-state index contributed by atoms with van der Waals surface area (Å²) >= 11 is 5.93. The number of fused-ring (bicyclic) bond motifs is 3. The van der Waals surface area contributed by atoms with E-state index in [0.717, 1.165) is 22.6 Å². The summed E-state index contributed by atoms with van der Waals surface area (Å²) < 4.78 is 0. The third kappa shape index (κ3) is 1.47. The van der Waals surface area contributed by atoms with Gasteiger partial charge in [-0.25, -0.2) is 0 Å². The molecule has 1 fully saturated rings. The highest BCUT2D eigenvalue weighted by Gasteiger charge is 2.60. The Balaban J connectivity index is 1.82. The zero-order valence-electron chi connectivity index (χ0n) is 10.2. The van der Waals surface area contributed by atoms with Gasteiger partial charge in [-0.15, -0.1) is 0 Å². The van der Waals surface area contributed by atoms with Crippen molar-refractivity contribution in [2.45, 2.75) is 17.9 Å². The van der Waals surface area contributed by atoms with E-state index in [1.54, 1.807) is 0 Å². The van der Waals surface area contributed by atoms with Gasteiger partial charge in [0.2, 0.25) is 0 Å². The maximum absolute atomic E-state index is 12.2. The van der Waals surface area contributed by atoms with E-state index >= 15 is 0 Å². The monoisotopic (exact) mass is 269 g/mol. The highest BCUT2D eigenvalue weighted by molar-refractivity contribution is 6.30. The number of carbonyl (C=O) groups is 1. The molecule has 0 spiro atoms. The van der Waals surface area contributed by atoms with Crippen LogP contribution in [0.25, 0.3) is 0 Å². The highest BCUT2D eigenvalue weighted by Crippen LogP contribution is 2.61. The number of hydrogen-bond donors (Lipinski definition) is 1. The normalized spacial score (nSPS) is 27.2. The molecule has 4 rings (SSSR count). The first-order valence-electron chi connectivity index (χ1n) is 6.38.